The van der Waals surface area contributed by atoms with Gasteiger partial charge in [0.15, 0.2) is 0 Å². The fourth-order valence-electron chi connectivity index (χ4n) is 1.67. The van der Waals surface area contributed by atoms with Crippen LogP contribution in [0.2, 0.25) is 0 Å². The van der Waals surface area contributed by atoms with Crippen LogP contribution in [0, 0.1) is 0 Å². The van der Waals surface area contributed by atoms with Gasteiger partial charge in [-0.25, -0.2) is 0 Å². The number of rotatable bonds is 5. The van der Waals surface area contributed by atoms with Gasteiger partial charge in [0.25, 0.3) is 5.91 Å². The zero-order chi connectivity index (χ0) is 13.7. The highest BCUT2D eigenvalue weighted by atomic mass is 79.9. The highest BCUT2D eigenvalue weighted by Gasteiger charge is 2.09. The molecule has 2 N–H and O–H groups in total. The van der Waals surface area contributed by atoms with Crippen LogP contribution < -0.4 is 10.6 Å². The van der Waals surface area contributed by atoms with E-state index in [-0.39, 0.29) is 5.91 Å². The fourth-order valence-corrected chi connectivity index (χ4v) is 3.15. The smallest absolute Gasteiger partial charge is 0.253 e. The molecule has 0 aromatic carbocycles. The molecule has 0 bridgehead atoms. The van der Waals surface area contributed by atoms with E-state index in [1.807, 2.05) is 6.07 Å². The SMILES string of the molecule is CNc1cnccc1C(=O)NCCc1ccc(Br)s1. The molecule has 0 saturated heterocycles. The number of hydrogen-bond donors (Lipinski definition) is 2. The standard InChI is InChI=1S/C13H14BrN3OS/c1-15-11-8-16-6-5-10(11)13(18)17-7-4-9-2-3-12(14)19-9/h2-3,5-6,8,15H,4,7H2,1H3,(H,17,18). The summed E-state index contributed by atoms with van der Waals surface area (Å²) in [6.07, 6.45) is 4.10. The second-order valence-electron chi connectivity index (χ2n) is 3.88. The van der Waals surface area contributed by atoms with Crippen LogP contribution in [0.5, 0.6) is 0 Å². The predicted molar refractivity (Wildman–Crippen MR) is 81.8 cm³/mol. The summed E-state index contributed by atoms with van der Waals surface area (Å²) in [7, 11) is 1.77. The highest BCUT2D eigenvalue weighted by molar-refractivity contribution is 9.11. The minimum absolute atomic E-state index is 0.0811. The maximum Gasteiger partial charge on any atom is 0.253 e. The van der Waals surface area contributed by atoms with Crippen molar-refractivity contribution in [3.05, 3.63) is 44.8 Å². The molecular weight excluding hydrogens is 326 g/mol. The lowest BCUT2D eigenvalue weighted by molar-refractivity contribution is 0.0955. The van der Waals surface area contributed by atoms with Gasteiger partial charge >= 0.3 is 0 Å². The van der Waals surface area contributed by atoms with Gasteiger partial charge in [0.2, 0.25) is 0 Å². The topological polar surface area (TPSA) is 54.0 Å². The van der Waals surface area contributed by atoms with Crippen LogP contribution in [0.3, 0.4) is 0 Å². The number of thiophene rings is 1. The zero-order valence-electron chi connectivity index (χ0n) is 10.4. The molecule has 0 aliphatic carbocycles. The fraction of sp³-hybridized carbons (Fsp3) is 0.231. The van der Waals surface area contributed by atoms with Gasteiger partial charge in [-0.1, -0.05) is 0 Å². The lowest BCUT2D eigenvalue weighted by atomic mass is 10.2. The van der Waals surface area contributed by atoms with Crippen LogP contribution in [-0.4, -0.2) is 24.5 Å². The van der Waals surface area contributed by atoms with Crippen LogP contribution >= 0.6 is 27.3 Å². The molecule has 0 unspecified atom stereocenters. The molecule has 2 aromatic rings. The minimum Gasteiger partial charge on any atom is -0.386 e. The Labute approximate surface area is 124 Å². The summed E-state index contributed by atoms with van der Waals surface area (Å²) in [6.45, 7) is 0.622. The number of anilines is 1. The molecule has 1 amide bonds. The van der Waals surface area contributed by atoms with Gasteiger partial charge in [-0.15, -0.1) is 11.3 Å². The van der Waals surface area contributed by atoms with E-state index in [4.69, 9.17) is 0 Å². The lowest BCUT2D eigenvalue weighted by Gasteiger charge is -2.08. The summed E-state index contributed by atoms with van der Waals surface area (Å²) in [5.74, 6) is -0.0811. The van der Waals surface area contributed by atoms with Crippen molar-refractivity contribution in [3.8, 4) is 0 Å². The maximum atomic E-state index is 12.0. The molecular formula is C13H14BrN3OS. The number of halogens is 1. The molecule has 2 rings (SSSR count). The van der Waals surface area contributed by atoms with Gasteiger partial charge in [-0.2, -0.15) is 0 Å². The van der Waals surface area contributed by atoms with E-state index in [0.29, 0.717) is 12.1 Å². The summed E-state index contributed by atoms with van der Waals surface area (Å²) in [5.41, 5.74) is 1.35. The second-order valence-corrected chi connectivity index (χ2v) is 6.43. The van der Waals surface area contributed by atoms with Crippen molar-refractivity contribution >= 4 is 38.9 Å². The van der Waals surface area contributed by atoms with Crippen molar-refractivity contribution in [3.63, 3.8) is 0 Å². The molecule has 6 heteroatoms. The number of carbonyl (C=O) groups is 1. The summed E-state index contributed by atoms with van der Waals surface area (Å²) in [5, 5.41) is 5.88. The number of amides is 1. The average Bonchev–Trinajstić information content (AvgIpc) is 2.84. The number of aromatic nitrogens is 1. The molecule has 4 nitrogen and oxygen atoms in total. The van der Waals surface area contributed by atoms with Crippen LogP contribution in [-0.2, 0) is 6.42 Å². The lowest BCUT2D eigenvalue weighted by Crippen LogP contribution is -2.26. The zero-order valence-corrected chi connectivity index (χ0v) is 12.8. The Hall–Kier alpha value is -1.40. The Kier molecular flexibility index (Phi) is 4.93. The third-order valence-corrected chi connectivity index (χ3v) is 4.30. The Bertz CT molecular complexity index is 571. The van der Waals surface area contributed by atoms with Crippen molar-refractivity contribution in [1.29, 1.82) is 0 Å². The normalized spacial score (nSPS) is 10.2. The number of carbonyl (C=O) groups excluding carboxylic acids is 1. The third kappa shape index (κ3) is 3.78. The van der Waals surface area contributed by atoms with E-state index in [1.165, 1.54) is 4.88 Å². The molecule has 0 aliphatic heterocycles. The molecule has 0 fully saturated rings. The van der Waals surface area contributed by atoms with Gasteiger partial charge in [0, 0.05) is 24.7 Å². The van der Waals surface area contributed by atoms with E-state index in [1.54, 1.807) is 36.8 Å². The summed E-state index contributed by atoms with van der Waals surface area (Å²) in [4.78, 5) is 17.3. The number of nitrogens with one attached hydrogen (secondary N) is 2. The molecule has 0 aliphatic rings. The number of pyridine rings is 1. The van der Waals surface area contributed by atoms with Crippen LogP contribution in [0.1, 0.15) is 15.2 Å². The maximum absolute atomic E-state index is 12.0. The van der Waals surface area contributed by atoms with E-state index in [0.717, 1.165) is 15.9 Å². The average molecular weight is 340 g/mol. The van der Waals surface area contributed by atoms with E-state index in [2.05, 4.69) is 37.6 Å². The van der Waals surface area contributed by atoms with E-state index < -0.39 is 0 Å². The first-order chi connectivity index (χ1) is 9.20. The van der Waals surface area contributed by atoms with Crippen LogP contribution in [0.4, 0.5) is 5.69 Å². The quantitative estimate of drug-likeness (QED) is 0.880. The highest BCUT2D eigenvalue weighted by Crippen LogP contribution is 2.22. The van der Waals surface area contributed by atoms with Gasteiger partial charge in [0.05, 0.1) is 21.2 Å². The van der Waals surface area contributed by atoms with Gasteiger partial charge < -0.3 is 10.6 Å². The summed E-state index contributed by atoms with van der Waals surface area (Å²) < 4.78 is 1.11. The number of nitrogens with zero attached hydrogens (tertiary/aromatic N) is 1. The molecule has 100 valence electrons. The first-order valence-corrected chi connectivity index (χ1v) is 7.46. The molecule has 2 aromatic heterocycles. The molecule has 0 atom stereocenters. The second kappa shape index (κ2) is 6.68. The Balaban J connectivity index is 1.90. The number of hydrogen-bond acceptors (Lipinski definition) is 4. The molecule has 19 heavy (non-hydrogen) atoms. The van der Waals surface area contributed by atoms with Crippen molar-refractivity contribution < 1.29 is 4.79 Å². The minimum atomic E-state index is -0.0811. The summed E-state index contributed by atoms with van der Waals surface area (Å²) >= 11 is 5.11. The Morgan fingerprint density at radius 3 is 2.95 bits per heavy atom. The largest absolute Gasteiger partial charge is 0.386 e. The van der Waals surface area contributed by atoms with Crippen molar-refractivity contribution in [2.75, 3.05) is 18.9 Å². The van der Waals surface area contributed by atoms with Crippen LogP contribution in [0.25, 0.3) is 0 Å². The van der Waals surface area contributed by atoms with E-state index >= 15 is 0 Å². The first kappa shape index (κ1) is 14.0. The Morgan fingerprint density at radius 1 is 1.42 bits per heavy atom. The Morgan fingerprint density at radius 2 is 2.26 bits per heavy atom. The first-order valence-electron chi connectivity index (χ1n) is 5.85. The van der Waals surface area contributed by atoms with Gasteiger partial charge in [-0.05, 0) is 40.5 Å². The predicted octanol–water partition coefficient (Wildman–Crippen LogP) is 2.92. The summed E-state index contributed by atoms with van der Waals surface area (Å²) in [6, 6.07) is 5.79. The monoisotopic (exact) mass is 339 g/mol. The van der Waals surface area contributed by atoms with Crippen molar-refractivity contribution in [2.45, 2.75) is 6.42 Å². The molecule has 2 heterocycles. The van der Waals surface area contributed by atoms with E-state index in [9.17, 15) is 4.79 Å². The molecule has 0 radical (unpaired) electrons. The van der Waals surface area contributed by atoms with Crippen molar-refractivity contribution in [2.24, 2.45) is 0 Å². The van der Waals surface area contributed by atoms with Gasteiger partial charge in [-0.3, -0.25) is 9.78 Å². The molecule has 0 saturated carbocycles. The van der Waals surface area contributed by atoms with Gasteiger partial charge in [0.1, 0.15) is 0 Å². The molecule has 0 spiro atoms. The van der Waals surface area contributed by atoms with Crippen LogP contribution in [0.15, 0.2) is 34.4 Å². The van der Waals surface area contributed by atoms with Crippen molar-refractivity contribution in [1.82, 2.24) is 10.3 Å². The third-order valence-electron chi connectivity index (χ3n) is 2.62.